The van der Waals surface area contributed by atoms with Gasteiger partial charge in [-0.15, -0.1) is 11.3 Å². The van der Waals surface area contributed by atoms with Crippen LogP contribution in [0.2, 0.25) is 0 Å². The van der Waals surface area contributed by atoms with E-state index in [0.717, 1.165) is 20.7 Å². The molecule has 5 heteroatoms. The predicted molar refractivity (Wildman–Crippen MR) is 78.1 cm³/mol. The van der Waals surface area contributed by atoms with E-state index in [9.17, 15) is 0 Å². The minimum absolute atomic E-state index is 0.133. The molecule has 0 amide bonds. The molecule has 1 atom stereocenters. The molecular formula is C13H15BrN2OS. The summed E-state index contributed by atoms with van der Waals surface area (Å²) in [4.78, 5) is 4.18. The summed E-state index contributed by atoms with van der Waals surface area (Å²) in [6.07, 6.45) is 3.62. The van der Waals surface area contributed by atoms with Crippen LogP contribution < -0.4 is 10.5 Å². The molecule has 2 heterocycles. The number of thiophene rings is 1. The standard InChI is InChI=1S/C13H15BrN2OS/c1-8(2)17-11-3-9(5-16-6-11)13(15)10-4-12(14)18-7-10/h3-8,13H,15H2,1-2H3. The average Bonchev–Trinajstić information content (AvgIpc) is 2.74. The van der Waals surface area contributed by atoms with E-state index in [2.05, 4.69) is 20.9 Å². The predicted octanol–water partition coefficient (Wildman–Crippen LogP) is 3.74. The van der Waals surface area contributed by atoms with Gasteiger partial charge in [-0.05, 0) is 58.4 Å². The lowest BCUT2D eigenvalue weighted by atomic mass is 10.0. The molecule has 2 N–H and O–H groups in total. The zero-order valence-electron chi connectivity index (χ0n) is 10.3. The van der Waals surface area contributed by atoms with Crippen molar-refractivity contribution in [3.8, 4) is 5.75 Å². The van der Waals surface area contributed by atoms with Gasteiger partial charge in [-0.2, -0.15) is 0 Å². The normalized spacial score (nSPS) is 12.7. The lowest BCUT2D eigenvalue weighted by Gasteiger charge is -2.13. The van der Waals surface area contributed by atoms with E-state index in [4.69, 9.17) is 10.5 Å². The molecule has 18 heavy (non-hydrogen) atoms. The van der Waals surface area contributed by atoms with Crippen molar-refractivity contribution in [2.24, 2.45) is 5.73 Å². The van der Waals surface area contributed by atoms with Gasteiger partial charge in [0.1, 0.15) is 5.75 Å². The molecule has 2 aromatic heterocycles. The van der Waals surface area contributed by atoms with Crippen LogP contribution in [-0.2, 0) is 0 Å². The second-order valence-corrected chi connectivity index (χ2v) is 6.57. The molecule has 0 fully saturated rings. The van der Waals surface area contributed by atoms with E-state index in [1.165, 1.54) is 0 Å². The van der Waals surface area contributed by atoms with Gasteiger partial charge in [0.25, 0.3) is 0 Å². The van der Waals surface area contributed by atoms with Crippen LogP contribution in [0.1, 0.15) is 31.0 Å². The first-order valence-corrected chi connectivity index (χ1v) is 7.34. The summed E-state index contributed by atoms with van der Waals surface area (Å²) in [6.45, 7) is 3.98. The lowest BCUT2D eigenvalue weighted by molar-refractivity contribution is 0.241. The largest absolute Gasteiger partial charge is 0.489 e. The van der Waals surface area contributed by atoms with Gasteiger partial charge in [-0.3, -0.25) is 4.98 Å². The highest BCUT2D eigenvalue weighted by Crippen LogP contribution is 2.28. The number of hydrogen-bond acceptors (Lipinski definition) is 4. The third kappa shape index (κ3) is 3.31. The molecule has 0 aliphatic heterocycles. The molecule has 0 bridgehead atoms. The van der Waals surface area contributed by atoms with Gasteiger partial charge in [0.15, 0.2) is 0 Å². The van der Waals surface area contributed by atoms with Crippen molar-refractivity contribution in [2.75, 3.05) is 0 Å². The summed E-state index contributed by atoms with van der Waals surface area (Å²) >= 11 is 5.07. The molecule has 0 aromatic carbocycles. The number of aromatic nitrogens is 1. The molecule has 0 saturated carbocycles. The summed E-state index contributed by atoms with van der Waals surface area (Å²) in [5.41, 5.74) is 8.26. The van der Waals surface area contributed by atoms with Crippen LogP contribution in [0.5, 0.6) is 5.75 Å². The topological polar surface area (TPSA) is 48.1 Å². The summed E-state index contributed by atoms with van der Waals surface area (Å²) in [6, 6.07) is 3.81. The van der Waals surface area contributed by atoms with Crippen LogP contribution in [0.15, 0.2) is 33.7 Å². The van der Waals surface area contributed by atoms with Crippen LogP contribution in [0.4, 0.5) is 0 Å². The van der Waals surface area contributed by atoms with Crippen LogP contribution >= 0.6 is 27.3 Å². The van der Waals surface area contributed by atoms with Gasteiger partial charge in [0, 0.05) is 6.20 Å². The molecule has 1 unspecified atom stereocenters. The van der Waals surface area contributed by atoms with Crippen molar-refractivity contribution in [1.82, 2.24) is 4.98 Å². The van der Waals surface area contributed by atoms with E-state index in [1.54, 1.807) is 23.7 Å². The van der Waals surface area contributed by atoms with Gasteiger partial charge in [0.2, 0.25) is 0 Å². The maximum atomic E-state index is 6.22. The molecular weight excluding hydrogens is 312 g/mol. The number of halogens is 1. The highest BCUT2D eigenvalue weighted by molar-refractivity contribution is 9.11. The fourth-order valence-electron chi connectivity index (χ4n) is 1.62. The van der Waals surface area contributed by atoms with Gasteiger partial charge < -0.3 is 10.5 Å². The number of nitrogens with two attached hydrogens (primary N) is 1. The number of hydrogen-bond donors (Lipinski definition) is 1. The summed E-state index contributed by atoms with van der Waals surface area (Å²) in [5.74, 6) is 0.757. The van der Waals surface area contributed by atoms with Crippen LogP contribution in [0.3, 0.4) is 0 Å². The van der Waals surface area contributed by atoms with Gasteiger partial charge in [0.05, 0.1) is 22.1 Å². The highest BCUT2D eigenvalue weighted by atomic mass is 79.9. The van der Waals surface area contributed by atoms with Gasteiger partial charge in [-0.1, -0.05) is 0 Å². The van der Waals surface area contributed by atoms with E-state index in [1.807, 2.05) is 31.4 Å². The summed E-state index contributed by atoms with van der Waals surface area (Å²) in [7, 11) is 0. The van der Waals surface area contributed by atoms with Crippen molar-refractivity contribution < 1.29 is 4.74 Å². The fourth-order valence-corrected chi connectivity index (χ4v) is 2.83. The molecule has 0 spiro atoms. The van der Waals surface area contributed by atoms with Crippen LogP contribution in [0.25, 0.3) is 0 Å². The Kier molecular flexibility index (Phi) is 4.37. The Morgan fingerprint density at radius 2 is 2.06 bits per heavy atom. The minimum Gasteiger partial charge on any atom is -0.489 e. The van der Waals surface area contributed by atoms with E-state index in [0.29, 0.717) is 0 Å². The molecule has 2 aromatic rings. The molecule has 96 valence electrons. The summed E-state index contributed by atoms with van der Waals surface area (Å²) < 4.78 is 6.70. The second kappa shape index (κ2) is 5.82. The third-order valence-electron chi connectivity index (χ3n) is 2.41. The van der Waals surface area contributed by atoms with Crippen molar-refractivity contribution in [2.45, 2.75) is 26.0 Å². The highest BCUT2D eigenvalue weighted by Gasteiger charge is 2.12. The van der Waals surface area contributed by atoms with Crippen LogP contribution in [-0.4, -0.2) is 11.1 Å². The Morgan fingerprint density at radius 3 is 2.67 bits per heavy atom. The second-order valence-electron chi connectivity index (χ2n) is 4.28. The van der Waals surface area contributed by atoms with Gasteiger partial charge >= 0.3 is 0 Å². The molecule has 0 aliphatic carbocycles. The van der Waals surface area contributed by atoms with Crippen LogP contribution in [0, 0.1) is 0 Å². The minimum atomic E-state index is -0.171. The Balaban J connectivity index is 2.22. The number of ether oxygens (including phenoxy) is 1. The zero-order valence-corrected chi connectivity index (χ0v) is 12.7. The smallest absolute Gasteiger partial charge is 0.138 e. The van der Waals surface area contributed by atoms with E-state index in [-0.39, 0.29) is 12.1 Å². The molecule has 2 rings (SSSR count). The molecule has 3 nitrogen and oxygen atoms in total. The molecule has 0 radical (unpaired) electrons. The Bertz CT molecular complexity index is 527. The first-order chi connectivity index (χ1) is 8.56. The van der Waals surface area contributed by atoms with Crippen molar-refractivity contribution in [3.05, 3.63) is 44.8 Å². The Hall–Kier alpha value is -0.910. The first kappa shape index (κ1) is 13.5. The Morgan fingerprint density at radius 1 is 1.28 bits per heavy atom. The van der Waals surface area contributed by atoms with Crippen molar-refractivity contribution in [1.29, 1.82) is 0 Å². The third-order valence-corrected chi connectivity index (χ3v) is 3.93. The average molecular weight is 327 g/mol. The SMILES string of the molecule is CC(C)Oc1cncc(C(N)c2csc(Br)c2)c1. The maximum absolute atomic E-state index is 6.22. The van der Waals surface area contributed by atoms with Crippen molar-refractivity contribution in [3.63, 3.8) is 0 Å². The number of nitrogens with zero attached hydrogens (tertiary/aromatic N) is 1. The van der Waals surface area contributed by atoms with Gasteiger partial charge in [-0.25, -0.2) is 0 Å². The lowest BCUT2D eigenvalue weighted by Crippen LogP contribution is -2.12. The van der Waals surface area contributed by atoms with E-state index >= 15 is 0 Å². The fraction of sp³-hybridized carbons (Fsp3) is 0.308. The number of pyridine rings is 1. The zero-order chi connectivity index (χ0) is 13.1. The maximum Gasteiger partial charge on any atom is 0.138 e. The summed E-state index contributed by atoms with van der Waals surface area (Å²) in [5, 5.41) is 2.05. The Labute approximate surface area is 119 Å². The van der Waals surface area contributed by atoms with Crippen molar-refractivity contribution >= 4 is 27.3 Å². The number of rotatable bonds is 4. The van der Waals surface area contributed by atoms with E-state index < -0.39 is 0 Å². The molecule has 0 saturated heterocycles. The monoisotopic (exact) mass is 326 g/mol. The first-order valence-electron chi connectivity index (χ1n) is 5.67. The quantitative estimate of drug-likeness (QED) is 0.930. The molecule has 0 aliphatic rings.